The first-order valence-electron chi connectivity index (χ1n) is 7.59. The van der Waals surface area contributed by atoms with Gasteiger partial charge in [-0.15, -0.1) is 34.0 Å². The van der Waals surface area contributed by atoms with Crippen molar-refractivity contribution < 1.29 is 0 Å². The summed E-state index contributed by atoms with van der Waals surface area (Å²) < 4.78 is 0. The minimum absolute atomic E-state index is 1.22. The fourth-order valence-corrected chi connectivity index (χ4v) is 5.44. The lowest BCUT2D eigenvalue weighted by Crippen LogP contribution is -1.85. The molecule has 0 saturated carbocycles. The van der Waals surface area contributed by atoms with Gasteiger partial charge in [-0.1, -0.05) is 38.3 Å². The summed E-state index contributed by atoms with van der Waals surface area (Å²) in [6, 6.07) is 11.2. The van der Waals surface area contributed by atoms with Crippen LogP contribution in [0, 0.1) is 0 Å². The zero-order valence-corrected chi connectivity index (χ0v) is 14.8. The number of thiophene rings is 3. The Morgan fingerprint density at radius 3 is 2.29 bits per heavy atom. The molecular formula is C18H20S3. The van der Waals surface area contributed by atoms with Crippen molar-refractivity contribution in [2.24, 2.45) is 0 Å². The van der Waals surface area contributed by atoms with Crippen LogP contribution in [0.15, 0.2) is 41.1 Å². The van der Waals surface area contributed by atoms with E-state index in [0.29, 0.717) is 0 Å². The van der Waals surface area contributed by atoms with Gasteiger partial charge in [0.2, 0.25) is 0 Å². The van der Waals surface area contributed by atoms with E-state index in [2.05, 4.69) is 48.0 Å². The normalized spacial score (nSPS) is 11.1. The van der Waals surface area contributed by atoms with Gasteiger partial charge >= 0.3 is 0 Å². The first-order chi connectivity index (χ1) is 10.4. The monoisotopic (exact) mass is 332 g/mol. The second-order valence-corrected chi connectivity index (χ2v) is 8.18. The molecule has 3 aromatic rings. The summed E-state index contributed by atoms with van der Waals surface area (Å²) in [6.07, 6.45) is 6.55. The van der Waals surface area contributed by atoms with Crippen molar-refractivity contribution in [3.63, 3.8) is 0 Å². The minimum Gasteiger partial charge on any atom is -0.143 e. The smallest absolute Gasteiger partial charge is 0.0481 e. The van der Waals surface area contributed by atoms with Gasteiger partial charge in [-0.05, 0) is 47.4 Å². The molecule has 0 radical (unpaired) electrons. The minimum atomic E-state index is 1.22. The van der Waals surface area contributed by atoms with E-state index in [0.717, 1.165) is 0 Å². The van der Waals surface area contributed by atoms with Crippen molar-refractivity contribution in [1.29, 1.82) is 0 Å². The van der Waals surface area contributed by atoms with Crippen molar-refractivity contribution in [3.05, 3.63) is 46.7 Å². The van der Waals surface area contributed by atoms with Crippen LogP contribution >= 0.6 is 34.0 Å². The molecule has 0 aliphatic heterocycles. The molecule has 0 nitrogen and oxygen atoms in total. The number of unbranched alkanes of at least 4 members (excludes halogenated alkanes) is 3. The lowest BCUT2D eigenvalue weighted by molar-refractivity contribution is 0.668. The average Bonchev–Trinajstić information content (AvgIpc) is 3.23. The number of aryl methyl sites for hydroxylation is 1. The molecular weight excluding hydrogens is 312 g/mol. The fraction of sp³-hybridized carbons (Fsp3) is 0.333. The molecule has 0 aliphatic carbocycles. The molecule has 3 aromatic heterocycles. The van der Waals surface area contributed by atoms with E-state index in [-0.39, 0.29) is 0 Å². The van der Waals surface area contributed by atoms with E-state index in [1.807, 2.05) is 34.0 Å². The van der Waals surface area contributed by atoms with Gasteiger partial charge in [0.15, 0.2) is 0 Å². The predicted molar refractivity (Wildman–Crippen MR) is 98.8 cm³/mol. The van der Waals surface area contributed by atoms with Gasteiger partial charge in [0.25, 0.3) is 0 Å². The Morgan fingerprint density at radius 1 is 0.857 bits per heavy atom. The number of rotatable bonds is 7. The van der Waals surface area contributed by atoms with Gasteiger partial charge in [-0.25, -0.2) is 0 Å². The van der Waals surface area contributed by atoms with Crippen molar-refractivity contribution in [1.82, 2.24) is 0 Å². The maximum atomic E-state index is 2.43. The Hall–Kier alpha value is -0.900. The maximum absolute atomic E-state index is 2.43. The van der Waals surface area contributed by atoms with E-state index in [9.17, 15) is 0 Å². The molecule has 110 valence electrons. The van der Waals surface area contributed by atoms with Gasteiger partial charge in [0, 0.05) is 19.5 Å². The van der Waals surface area contributed by atoms with Crippen LogP contribution in [0.4, 0.5) is 0 Å². The van der Waals surface area contributed by atoms with Crippen LogP contribution in [-0.4, -0.2) is 0 Å². The molecule has 0 atom stereocenters. The molecule has 0 aliphatic rings. The van der Waals surface area contributed by atoms with Gasteiger partial charge < -0.3 is 0 Å². The molecule has 3 heterocycles. The summed E-state index contributed by atoms with van der Waals surface area (Å²) in [4.78, 5) is 5.75. The van der Waals surface area contributed by atoms with Gasteiger partial charge in [-0.2, -0.15) is 0 Å². The summed E-state index contributed by atoms with van der Waals surface area (Å²) in [6.45, 7) is 2.27. The van der Waals surface area contributed by atoms with Crippen molar-refractivity contribution >= 4 is 34.0 Å². The summed E-state index contributed by atoms with van der Waals surface area (Å²) in [5.41, 5.74) is 1.54. The zero-order chi connectivity index (χ0) is 14.5. The number of hydrogen-bond acceptors (Lipinski definition) is 3. The van der Waals surface area contributed by atoms with Crippen LogP contribution in [0.3, 0.4) is 0 Å². The Labute approximate surface area is 139 Å². The fourth-order valence-electron chi connectivity index (χ4n) is 2.51. The highest BCUT2D eigenvalue weighted by Crippen LogP contribution is 2.41. The predicted octanol–water partition coefficient (Wildman–Crippen LogP) is 7.33. The molecule has 0 unspecified atom stereocenters. The zero-order valence-electron chi connectivity index (χ0n) is 12.3. The van der Waals surface area contributed by atoms with Gasteiger partial charge in [0.05, 0.1) is 0 Å². The highest BCUT2D eigenvalue weighted by molar-refractivity contribution is 7.26. The molecule has 3 heteroatoms. The average molecular weight is 333 g/mol. The molecule has 0 N–H and O–H groups in total. The van der Waals surface area contributed by atoms with Gasteiger partial charge in [-0.3, -0.25) is 0 Å². The summed E-state index contributed by atoms with van der Waals surface area (Å²) in [5.74, 6) is 0. The molecule has 0 spiro atoms. The topological polar surface area (TPSA) is 0 Å². The van der Waals surface area contributed by atoms with Crippen LogP contribution in [0.5, 0.6) is 0 Å². The van der Waals surface area contributed by atoms with Crippen LogP contribution in [0.25, 0.3) is 19.5 Å². The van der Waals surface area contributed by atoms with E-state index in [1.54, 1.807) is 5.56 Å². The molecule has 21 heavy (non-hydrogen) atoms. The van der Waals surface area contributed by atoms with E-state index < -0.39 is 0 Å². The van der Waals surface area contributed by atoms with Crippen molar-refractivity contribution in [3.8, 4) is 19.5 Å². The van der Waals surface area contributed by atoms with Crippen molar-refractivity contribution in [2.75, 3.05) is 0 Å². The first kappa shape index (κ1) is 15.0. The largest absolute Gasteiger partial charge is 0.143 e. The lowest BCUT2D eigenvalue weighted by atomic mass is 10.1. The highest BCUT2D eigenvalue weighted by atomic mass is 32.1. The van der Waals surface area contributed by atoms with Crippen molar-refractivity contribution in [2.45, 2.75) is 39.0 Å². The molecule has 0 amide bonds. The molecule has 0 fully saturated rings. The lowest BCUT2D eigenvalue weighted by Gasteiger charge is -2.01. The molecule has 3 rings (SSSR count). The molecule has 0 saturated heterocycles. The molecule has 0 bridgehead atoms. The third-order valence-electron chi connectivity index (χ3n) is 3.62. The van der Waals surface area contributed by atoms with E-state index in [1.165, 1.54) is 51.6 Å². The standard InChI is InChI=1S/C18H20S3/c1-2-3-4-5-8-14-13-17(15-9-6-11-19-15)21-18(14)16-10-7-12-20-16/h6-7,9-13H,2-5,8H2,1H3. The first-order valence-corrected chi connectivity index (χ1v) is 10.2. The Kier molecular flexibility index (Phi) is 5.28. The maximum Gasteiger partial charge on any atom is 0.0481 e. The SMILES string of the molecule is CCCCCCc1cc(-c2cccs2)sc1-c1cccs1. The number of hydrogen-bond donors (Lipinski definition) is 0. The van der Waals surface area contributed by atoms with Gasteiger partial charge in [0.1, 0.15) is 0 Å². The third-order valence-corrected chi connectivity index (χ3v) is 6.91. The summed E-state index contributed by atoms with van der Waals surface area (Å²) in [5, 5.41) is 4.35. The quantitative estimate of drug-likeness (QED) is 0.397. The highest BCUT2D eigenvalue weighted by Gasteiger charge is 2.13. The second kappa shape index (κ2) is 7.39. The Bertz CT molecular complexity index is 645. The van der Waals surface area contributed by atoms with E-state index in [4.69, 9.17) is 0 Å². The second-order valence-electron chi connectivity index (χ2n) is 5.23. The Morgan fingerprint density at radius 2 is 1.62 bits per heavy atom. The van der Waals surface area contributed by atoms with Crippen LogP contribution < -0.4 is 0 Å². The van der Waals surface area contributed by atoms with E-state index >= 15 is 0 Å². The Balaban J connectivity index is 1.85. The van der Waals surface area contributed by atoms with Crippen LogP contribution in [-0.2, 0) is 6.42 Å². The van der Waals surface area contributed by atoms with Crippen LogP contribution in [0.1, 0.15) is 38.2 Å². The third kappa shape index (κ3) is 3.65. The molecule has 0 aromatic carbocycles. The van der Waals surface area contributed by atoms with Crippen LogP contribution in [0.2, 0.25) is 0 Å². The summed E-state index contributed by atoms with van der Waals surface area (Å²) >= 11 is 5.66. The summed E-state index contributed by atoms with van der Waals surface area (Å²) in [7, 11) is 0.